The molecule has 3 aromatic rings. The predicted molar refractivity (Wildman–Crippen MR) is 78.9 cm³/mol. The Morgan fingerprint density at radius 2 is 1.00 bits per heavy atom. The predicted octanol–water partition coefficient (Wildman–Crippen LogP) is 3.63. The molecule has 0 aromatic heterocycles. The largest absolute Gasteiger partial charge is 0.366 e. The van der Waals surface area contributed by atoms with E-state index in [1.807, 2.05) is 6.07 Å². The third-order valence-corrected chi connectivity index (χ3v) is 2.72. The van der Waals surface area contributed by atoms with E-state index >= 15 is 0 Å². The zero-order valence-corrected chi connectivity index (χ0v) is 10.5. The van der Waals surface area contributed by atoms with Crippen LogP contribution in [-0.4, -0.2) is 5.91 Å². The molecule has 0 heterocycles. The van der Waals surface area contributed by atoms with E-state index in [1.54, 1.807) is 24.3 Å². The van der Waals surface area contributed by atoms with Gasteiger partial charge in [0.2, 0.25) is 5.91 Å². The second-order valence-corrected chi connectivity index (χ2v) is 4.08. The molecule has 0 fully saturated rings. The Labute approximate surface area is 112 Å². The van der Waals surface area contributed by atoms with Gasteiger partial charge in [-0.05, 0) is 22.9 Å². The third kappa shape index (κ3) is 3.68. The summed E-state index contributed by atoms with van der Waals surface area (Å²) in [6.07, 6.45) is 0. The smallest absolute Gasteiger partial charge is 0.248 e. The first-order valence-corrected chi connectivity index (χ1v) is 6.06. The Balaban J connectivity index is 0.000000141. The third-order valence-electron chi connectivity index (χ3n) is 2.72. The Bertz CT molecular complexity index is 597. The molecule has 1 amide bonds. The summed E-state index contributed by atoms with van der Waals surface area (Å²) in [6.45, 7) is 0. The number of primary amides is 1. The van der Waals surface area contributed by atoms with Crippen LogP contribution in [-0.2, 0) is 0 Å². The van der Waals surface area contributed by atoms with E-state index in [-0.39, 0.29) is 5.91 Å². The van der Waals surface area contributed by atoms with Crippen molar-refractivity contribution < 1.29 is 4.79 Å². The normalized spacial score (nSPS) is 9.47. The van der Waals surface area contributed by atoms with Gasteiger partial charge < -0.3 is 5.73 Å². The van der Waals surface area contributed by atoms with Gasteiger partial charge in [0.05, 0.1) is 0 Å². The van der Waals surface area contributed by atoms with Crippen LogP contribution in [0.25, 0.3) is 10.8 Å². The lowest BCUT2D eigenvalue weighted by molar-refractivity contribution is 0.100. The molecule has 0 atom stereocenters. The van der Waals surface area contributed by atoms with Gasteiger partial charge in [-0.1, -0.05) is 66.7 Å². The standard InChI is InChI=1S/C10H8.C7H7NO/c1-2-6-10-8-4-3-7-9(10)5-1;8-7(9)6-4-2-1-3-5-6/h1-8H;1-5H,(H2,8,9). The lowest BCUT2D eigenvalue weighted by Gasteiger charge is -1.92. The number of hydrogen-bond acceptors (Lipinski definition) is 1. The summed E-state index contributed by atoms with van der Waals surface area (Å²) in [5.41, 5.74) is 5.53. The van der Waals surface area contributed by atoms with Gasteiger partial charge in [-0.25, -0.2) is 0 Å². The van der Waals surface area contributed by atoms with Crippen LogP contribution < -0.4 is 5.73 Å². The topological polar surface area (TPSA) is 43.1 Å². The number of carbonyl (C=O) groups is 1. The van der Waals surface area contributed by atoms with Gasteiger partial charge >= 0.3 is 0 Å². The van der Waals surface area contributed by atoms with E-state index in [1.165, 1.54) is 10.8 Å². The average Bonchev–Trinajstić information content (AvgIpc) is 2.49. The molecule has 0 spiro atoms. The minimum atomic E-state index is -0.379. The Morgan fingerprint density at radius 1 is 0.632 bits per heavy atom. The molecule has 2 N–H and O–H groups in total. The molecule has 0 saturated carbocycles. The minimum absolute atomic E-state index is 0.379. The molecule has 0 aliphatic rings. The first kappa shape index (κ1) is 12.8. The van der Waals surface area contributed by atoms with Crippen molar-refractivity contribution in [3.8, 4) is 0 Å². The fourth-order valence-electron chi connectivity index (χ4n) is 1.74. The van der Waals surface area contributed by atoms with Crippen molar-refractivity contribution in [3.63, 3.8) is 0 Å². The molecule has 94 valence electrons. The highest BCUT2D eigenvalue weighted by molar-refractivity contribution is 5.92. The Hall–Kier alpha value is -2.61. The van der Waals surface area contributed by atoms with Crippen LogP contribution >= 0.6 is 0 Å². The lowest BCUT2D eigenvalue weighted by Crippen LogP contribution is -2.09. The maximum atomic E-state index is 10.4. The summed E-state index contributed by atoms with van der Waals surface area (Å²) in [5, 5.41) is 2.62. The molecule has 0 unspecified atom stereocenters. The number of carbonyl (C=O) groups excluding carboxylic acids is 1. The molecule has 3 aromatic carbocycles. The molecule has 0 saturated heterocycles. The summed E-state index contributed by atoms with van der Waals surface area (Å²) in [4.78, 5) is 10.4. The van der Waals surface area contributed by atoms with Gasteiger partial charge in [0.25, 0.3) is 0 Å². The zero-order valence-electron chi connectivity index (χ0n) is 10.5. The Morgan fingerprint density at radius 3 is 1.32 bits per heavy atom. The number of fused-ring (bicyclic) bond motifs is 1. The number of rotatable bonds is 1. The first-order valence-electron chi connectivity index (χ1n) is 6.06. The molecule has 2 heteroatoms. The van der Waals surface area contributed by atoms with Crippen LogP contribution in [0.15, 0.2) is 78.9 Å². The van der Waals surface area contributed by atoms with Crippen LogP contribution in [0.3, 0.4) is 0 Å². The van der Waals surface area contributed by atoms with Crippen LogP contribution in [0.5, 0.6) is 0 Å². The van der Waals surface area contributed by atoms with Crippen molar-refractivity contribution in [1.29, 1.82) is 0 Å². The highest BCUT2D eigenvalue weighted by Crippen LogP contribution is 2.11. The summed E-state index contributed by atoms with van der Waals surface area (Å²) in [5.74, 6) is -0.379. The number of hydrogen-bond donors (Lipinski definition) is 1. The quantitative estimate of drug-likeness (QED) is 0.703. The van der Waals surface area contributed by atoms with Crippen molar-refractivity contribution in [1.82, 2.24) is 0 Å². The van der Waals surface area contributed by atoms with Gasteiger partial charge in [0, 0.05) is 5.56 Å². The second-order valence-electron chi connectivity index (χ2n) is 4.08. The summed E-state index contributed by atoms with van der Waals surface area (Å²) in [6, 6.07) is 25.5. The van der Waals surface area contributed by atoms with Crippen LogP contribution in [0.1, 0.15) is 10.4 Å². The van der Waals surface area contributed by atoms with Crippen molar-refractivity contribution in [3.05, 3.63) is 84.4 Å². The zero-order chi connectivity index (χ0) is 13.5. The number of amides is 1. The van der Waals surface area contributed by atoms with Gasteiger partial charge in [0.1, 0.15) is 0 Å². The number of nitrogens with two attached hydrogens (primary N) is 1. The van der Waals surface area contributed by atoms with E-state index in [4.69, 9.17) is 5.73 Å². The fraction of sp³-hybridized carbons (Fsp3) is 0. The van der Waals surface area contributed by atoms with Gasteiger partial charge in [0.15, 0.2) is 0 Å². The van der Waals surface area contributed by atoms with E-state index in [9.17, 15) is 4.79 Å². The Kier molecular flexibility index (Phi) is 4.29. The van der Waals surface area contributed by atoms with Crippen LogP contribution in [0, 0.1) is 0 Å². The van der Waals surface area contributed by atoms with Crippen LogP contribution in [0.2, 0.25) is 0 Å². The molecule has 2 nitrogen and oxygen atoms in total. The highest BCUT2D eigenvalue weighted by Gasteiger charge is 1.93. The molecular weight excluding hydrogens is 234 g/mol. The van der Waals surface area contributed by atoms with E-state index in [0.717, 1.165) is 0 Å². The van der Waals surface area contributed by atoms with E-state index < -0.39 is 0 Å². The molecule has 0 radical (unpaired) electrons. The van der Waals surface area contributed by atoms with Crippen LogP contribution in [0.4, 0.5) is 0 Å². The minimum Gasteiger partial charge on any atom is -0.366 e. The first-order chi connectivity index (χ1) is 9.27. The summed E-state index contributed by atoms with van der Waals surface area (Å²) < 4.78 is 0. The SMILES string of the molecule is NC(=O)c1ccccc1.c1ccc2ccccc2c1. The van der Waals surface area contributed by atoms with Gasteiger partial charge in [-0.15, -0.1) is 0 Å². The van der Waals surface area contributed by atoms with E-state index in [2.05, 4.69) is 48.5 Å². The molecule has 0 aliphatic heterocycles. The second kappa shape index (κ2) is 6.36. The highest BCUT2D eigenvalue weighted by atomic mass is 16.1. The van der Waals surface area contributed by atoms with Crippen molar-refractivity contribution in [2.45, 2.75) is 0 Å². The van der Waals surface area contributed by atoms with Crippen molar-refractivity contribution >= 4 is 16.7 Å². The van der Waals surface area contributed by atoms with E-state index in [0.29, 0.717) is 5.56 Å². The lowest BCUT2D eigenvalue weighted by atomic mass is 10.1. The van der Waals surface area contributed by atoms with Gasteiger partial charge in [-0.3, -0.25) is 4.79 Å². The number of benzene rings is 3. The van der Waals surface area contributed by atoms with Gasteiger partial charge in [-0.2, -0.15) is 0 Å². The maximum absolute atomic E-state index is 10.4. The van der Waals surface area contributed by atoms with Crippen molar-refractivity contribution in [2.24, 2.45) is 5.73 Å². The summed E-state index contributed by atoms with van der Waals surface area (Å²) in [7, 11) is 0. The average molecular weight is 249 g/mol. The fourth-order valence-corrected chi connectivity index (χ4v) is 1.74. The molecular formula is C17H15NO. The molecule has 0 bridgehead atoms. The van der Waals surface area contributed by atoms with Crippen molar-refractivity contribution in [2.75, 3.05) is 0 Å². The molecule has 0 aliphatic carbocycles. The molecule has 3 rings (SSSR count). The summed E-state index contributed by atoms with van der Waals surface area (Å²) >= 11 is 0. The monoisotopic (exact) mass is 249 g/mol. The maximum Gasteiger partial charge on any atom is 0.248 e. The molecule has 19 heavy (non-hydrogen) atoms.